The van der Waals surface area contributed by atoms with Gasteiger partial charge in [0.1, 0.15) is 0 Å². The molecular formula is C29H38N4O3S2. The van der Waals surface area contributed by atoms with Crippen LogP contribution >= 0.6 is 23.7 Å². The van der Waals surface area contributed by atoms with Crippen molar-refractivity contribution in [3.8, 4) is 0 Å². The van der Waals surface area contributed by atoms with Gasteiger partial charge in [0.2, 0.25) is 5.91 Å². The number of carbonyl (C=O) groups is 2. The van der Waals surface area contributed by atoms with Crippen LogP contribution in [0.5, 0.6) is 0 Å². The lowest BCUT2D eigenvalue weighted by molar-refractivity contribution is -0.120. The zero-order chi connectivity index (χ0) is 27.3. The predicted molar refractivity (Wildman–Crippen MR) is 165 cm³/mol. The second-order valence-corrected chi connectivity index (χ2v) is 11.3. The molecule has 0 spiro atoms. The highest BCUT2D eigenvalue weighted by molar-refractivity contribution is 8.21. The summed E-state index contributed by atoms with van der Waals surface area (Å²) in [5, 5.41) is 8.25. The Labute approximate surface area is 234 Å². The molecule has 204 valence electrons. The number of fused-ring (bicyclic) bond motifs is 1. The van der Waals surface area contributed by atoms with Crippen LogP contribution in [0.3, 0.4) is 0 Å². The molecule has 2 aromatic carbocycles. The number of methoxy groups -OCH3 is 1. The largest absolute Gasteiger partial charge is 0.385 e. The average Bonchev–Trinajstić information content (AvgIpc) is 2.95. The van der Waals surface area contributed by atoms with Crippen molar-refractivity contribution in [2.24, 2.45) is 10.9 Å². The van der Waals surface area contributed by atoms with E-state index in [4.69, 9.17) is 4.74 Å². The molecule has 2 N–H and O–H groups in total. The van der Waals surface area contributed by atoms with E-state index < -0.39 is 0 Å². The molecule has 9 heteroatoms. The third kappa shape index (κ3) is 8.20. The van der Waals surface area contributed by atoms with Crippen molar-refractivity contribution in [1.29, 1.82) is 0 Å². The van der Waals surface area contributed by atoms with Crippen LogP contribution in [-0.2, 0) is 9.53 Å². The minimum Gasteiger partial charge on any atom is -0.385 e. The Kier molecular flexibility index (Phi) is 12.4. The maximum Gasteiger partial charge on any atom is 0.227 e. The Morgan fingerprint density at radius 2 is 2.00 bits per heavy atom. The number of ether oxygens (including phenoxy) is 1. The number of hydrogen-bond donors (Lipinski definition) is 2. The lowest BCUT2D eigenvalue weighted by Gasteiger charge is -2.30. The zero-order valence-electron chi connectivity index (χ0n) is 22.5. The second kappa shape index (κ2) is 15.7. The van der Waals surface area contributed by atoms with Crippen LogP contribution in [0.4, 0.5) is 11.4 Å². The summed E-state index contributed by atoms with van der Waals surface area (Å²) in [5.74, 6) is 0.778. The number of aldehydes is 1. The number of hydrogen-bond acceptors (Lipinski definition) is 8. The third-order valence-corrected chi connectivity index (χ3v) is 9.04. The number of benzene rings is 2. The highest BCUT2D eigenvalue weighted by atomic mass is 32.2. The van der Waals surface area contributed by atoms with Gasteiger partial charge in [-0.15, -0.1) is 11.8 Å². The molecule has 1 saturated heterocycles. The number of nitrogens with zero attached hydrogens (tertiary/aromatic N) is 2. The standard InChI is InChI=1S/C29H38N4O3S2/c1-5-23(30-3)20-37-27(6-2)38-33-16-13-21(14-17-33)29(35)32-25-11-12-26(31-15-8-18-36-4)28-22(19-34)9-7-10-24(25)28/h5-7,9-12,19,21,31H,1,8,13-18,20H2,2-4H3,(H,32,35)/b27-6+,30-23?. The van der Waals surface area contributed by atoms with Crippen LogP contribution in [-0.4, -0.2) is 68.4 Å². The summed E-state index contributed by atoms with van der Waals surface area (Å²) in [6.45, 7) is 8.94. The van der Waals surface area contributed by atoms with Gasteiger partial charge in [-0.25, -0.2) is 4.31 Å². The Balaban J connectivity index is 1.62. The molecule has 1 amide bonds. The summed E-state index contributed by atoms with van der Waals surface area (Å²) < 4.78 is 8.69. The van der Waals surface area contributed by atoms with Crippen LogP contribution < -0.4 is 10.6 Å². The average molecular weight is 555 g/mol. The summed E-state index contributed by atoms with van der Waals surface area (Å²) in [6.07, 6.45) is 7.24. The molecule has 2 aromatic rings. The molecule has 1 aliphatic heterocycles. The highest BCUT2D eigenvalue weighted by Crippen LogP contribution is 2.36. The predicted octanol–water partition coefficient (Wildman–Crippen LogP) is 6.25. The van der Waals surface area contributed by atoms with Crippen LogP contribution in [0.15, 0.2) is 58.3 Å². The first-order valence-electron chi connectivity index (χ1n) is 12.9. The number of piperidine rings is 1. The van der Waals surface area contributed by atoms with Crippen molar-refractivity contribution >= 4 is 63.8 Å². The lowest BCUT2D eigenvalue weighted by atomic mass is 9.96. The van der Waals surface area contributed by atoms with Crippen molar-refractivity contribution in [1.82, 2.24) is 4.31 Å². The number of allylic oxidation sites excluding steroid dienone is 2. The Bertz CT molecular complexity index is 1170. The van der Waals surface area contributed by atoms with Crippen molar-refractivity contribution in [2.75, 3.05) is 56.8 Å². The summed E-state index contributed by atoms with van der Waals surface area (Å²) in [6, 6.07) is 9.47. The van der Waals surface area contributed by atoms with E-state index in [-0.39, 0.29) is 11.8 Å². The van der Waals surface area contributed by atoms with Gasteiger partial charge in [-0.2, -0.15) is 0 Å². The number of nitrogens with one attached hydrogen (secondary N) is 2. The van der Waals surface area contributed by atoms with Gasteiger partial charge in [-0.3, -0.25) is 14.6 Å². The molecule has 38 heavy (non-hydrogen) atoms. The first-order chi connectivity index (χ1) is 18.5. The second-order valence-electron chi connectivity index (χ2n) is 8.92. The molecule has 7 nitrogen and oxygen atoms in total. The number of thioether (sulfide) groups is 1. The molecule has 1 fully saturated rings. The van der Waals surface area contributed by atoms with E-state index in [1.807, 2.05) is 31.2 Å². The van der Waals surface area contributed by atoms with Crippen LogP contribution in [0.25, 0.3) is 10.8 Å². The van der Waals surface area contributed by atoms with Gasteiger partial charge >= 0.3 is 0 Å². The lowest BCUT2D eigenvalue weighted by Crippen LogP contribution is -2.34. The minimum absolute atomic E-state index is 0.0312. The molecule has 0 saturated carbocycles. The van der Waals surface area contributed by atoms with Crippen molar-refractivity contribution in [3.63, 3.8) is 0 Å². The van der Waals surface area contributed by atoms with E-state index >= 15 is 0 Å². The smallest absolute Gasteiger partial charge is 0.227 e. The quantitative estimate of drug-likeness (QED) is 0.124. The first-order valence-corrected chi connectivity index (χ1v) is 14.6. The van der Waals surface area contributed by atoms with Gasteiger partial charge in [-0.05, 0) is 56.3 Å². The Hall–Kier alpha value is -2.59. The van der Waals surface area contributed by atoms with Gasteiger partial charge in [0.15, 0.2) is 6.29 Å². The van der Waals surface area contributed by atoms with E-state index in [0.29, 0.717) is 12.2 Å². The van der Waals surface area contributed by atoms with Crippen LogP contribution in [0.2, 0.25) is 0 Å². The number of aliphatic imine (C=N–C) groups is 1. The topological polar surface area (TPSA) is 83.0 Å². The van der Waals surface area contributed by atoms with E-state index in [0.717, 1.165) is 78.8 Å². The van der Waals surface area contributed by atoms with Crippen molar-refractivity contribution in [3.05, 3.63) is 58.9 Å². The molecular weight excluding hydrogens is 516 g/mol. The Morgan fingerprint density at radius 1 is 1.24 bits per heavy atom. The number of rotatable bonds is 14. The molecule has 0 unspecified atom stereocenters. The third-order valence-electron chi connectivity index (χ3n) is 6.46. The van der Waals surface area contributed by atoms with Crippen LogP contribution in [0, 0.1) is 5.92 Å². The molecule has 0 bridgehead atoms. The number of carbonyl (C=O) groups excluding carboxylic acids is 2. The maximum absolute atomic E-state index is 13.2. The first kappa shape index (κ1) is 30.0. The molecule has 0 aliphatic carbocycles. The van der Waals surface area contributed by atoms with Gasteiger partial charge in [-0.1, -0.05) is 30.9 Å². The monoisotopic (exact) mass is 554 g/mol. The van der Waals surface area contributed by atoms with E-state index in [9.17, 15) is 9.59 Å². The number of amides is 1. The van der Waals surface area contributed by atoms with E-state index in [1.54, 1.807) is 50.0 Å². The summed E-state index contributed by atoms with van der Waals surface area (Å²) in [7, 11) is 3.47. The zero-order valence-corrected chi connectivity index (χ0v) is 24.1. The van der Waals surface area contributed by atoms with E-state index in [1.165, 1.54) is 4.24 Å². The summed E-state index contributed by atoms with van der Waals surface area (Å²) in [4.78, 5) is 29.3. The highest BCUT2D eigenvalue weighted by Gasteiger charge is 2.26. The van der Waals surface area contributed by atoms with Gasteiger partial charge in [0.25, 0.3) is 0 Å². The molecule has 0 radical (unpaired) electrons. The molecule has 0 atom stereocenters. The normalized spacial score (nSPS) is 15.4. The maximum atomic E-state index is 13.2. The van der Waals surface area contributed by atoms with Crippen molar-refractivity contribution < 1.29 is 14.3 Å². The molecule has 1 heterocycles. The van der Waals surface area contributed by atoms with Gasteiger partial charge < -0.3 is 15.4 Å². The fourth-order valence-electron chi connectivity index (χ4n) is 4.32. The van der Waals surface area contributed by atoms with Gasteiger partial charge in [0, 0.05) is 85.5 Å². The SMILES string of the molecule is C=CC(CS/C(=C\C)SN1CCC(C(=O)Nc2ccc(NCCCOC)c3c(C=O)cccc23)CC1)=NC. The molecule has 3 rings (SSSR count). The van der Waals surface area contributed by atoms with E-state index in [2.05, 4.69) is 32.6 Å². The fraction of sp³-hybridized carbons (Fsp3) is 0.414. The van der Waals surface area contributed by atoms with Gasteiger partial charge in [0.05, 0.1) is 4.24 Å². The molecule has 0 aromatic heterocycles. The summed E-state index contributed by atoms with van der Waals surface area (Å²) in [5.41, 5.74) is 3.19. The molecule has 1 aliphatic rings. The van der Waals surface area contributed by atoms with Crippen molar-refractivity contribution in [2.45, 2.75) is 26.2 Å². The fourth-order valence-corrected chi connectivity index (χ4v) is 6.48. The summed E-state index contributed by atoms with van der Waals surface area (Å²) >= 11 is 3.51. The number of anilines is 2. The Morgan fingerprint density at radius 3 is 2.66 bits per heavy atom. The van der Waals surface area contributed by atoms with Crippen LogP contribution in [0.1, 0.15) is 36.5 Å². The minimum atomic E-state index is -0.0516.